The first-order valence-corrected chi connectivity index (χ1v) is 47.2. The predicted molar refractivity (Wildman–Crippen MR) is 568 cm³/mol. The van der Waals surface area contributed by atoms with Gasteiger partial charge in [0.15, 0.2) is 5.78 Å². The van der Waals surface area contributed by atoms with Gasteiger partial charge in [0.2, 0.25) is 0 Å². The van der Waals surface area contributed by atoms with E-state index in [1.54, 1.807) is 6.92 Å². The first-order chi connectivity index (χ1) is 61.6. The van der Waals surface area contributed by atoms with Crippen LogP contribution in [0.4, 0.5) is 0 Å². The van der Waals surface area contributed by atoms with Gasteiger partial charge in [-0.05, 0) is 389 Å². The van der Waals surface area contributed by atoms with Crippen LogP contribution in [-0.4, -0.2) is 5.78 Å². The Kier molecular flexibility index (Phi) is 24.5. The fraction of sp³-hybridized carbons (Fsp3) is 0.254. The zero-order valence-electron chi connectivity index (χ0n) is 82.3. The Morgan fingerprint density at radius 1 is 0.122 bits per heavy atom. The van der Waals surface area contributed by atoms with Crippen LogP contribution in [-0.2, 0) is 43.3 Å². The highest BCUT2D eigenvalue weighted by atomic mass is 16.1. The molecule has 0 amide bonds. The summed E-state index contributed by atoms with van der Waals surface area (Å²) < 4.78 is 0. The highest BCUT2D eigenvalue weighted by Crippen LogP contribution is 2.48. The molecule has 0 aliphatic carbocycles. The number of ketones is 1. The molecule has 16 aromatic carbocycles. The van der Waals surface area contributed by atoms with E-state index in [4.69, 9.17) is 0 Å². The second-order valence-electron chi connectivity index (χ2n) is 45.3. The molecule has 0 bridgehead atoms. The van der Waals surface area contributed by atoms with E-state index in [0.717, 1.165) is 167 Å². The Bertz CT molecular complexity index is 5830. The van der Waals surface area contributed by atoms with Gasteiger partial charge < -0.3 is 0 Å². The van der Waals surface area contributed by atoms with Crippen LogP contribution in [0.1, 0.15) is 228 Å². The largest absolute Gasteiger partial charge is 0.295 e. The van der Waals surface area contributed by atoms with E-state index >= 15 is 0 Å². The van der Waals surface area contributed by atoms with Crippen molar-refractivity contribution in [3.05, 3.63) is 396 Å². The van der Waals surface area contributed by atoms with Crippen LogP contribution < -0.4 is 0 Å². The van der Waals surface area contributed by atoms with E-state index in [-0.39, 0.29) is 49.1 Å². The lowest BCUT2D eigenvalue weighted by molar-refractivity contribution is 0.101. The van der Waals surface area contributed by atoms with Gasteiger partial charge in [-0.1, -0.05) is 385 Å². The van der Waals surface area contributed by atoms with Crippen molar-refractivity contribution < 1.29 is 4.79 Å². The molecule has 0 heterocycles. The molecule has 0 aliphatic rings. The number of benzene rings is 16. The van der Waals surface area contributed by atoms with E-state index in [0.29, 0.717) is 5.56 Å². The van der Waals surface area contributed by atoms with Crippen LogP contribution in [0, 0.1) is 0 Å². The second-order valence-corrected chi connectivity index (χ2v) is 45.3. The summed E-state index contributed by atoms with van der Waals surface area (Å²) in [5.74, 6) is 0.0268. The standard InChI is InChI=1S/C130H132O/c1-83(131)84-26-28-85(29-27-84)102-74-107(113-79-109(103-66-94(86-30-46-115(47-31-86)123(2,3)4)62-95(67-103)87-32-48-116(49-33-87)124(5,6)7)77-110(80-113)104-68-96(88-34-50-117(51-35-88)125(8,9)10)63-97(69-104)89-36-52-118(53-37-89)126(11,12)13)76-108(75-102)114-81-111(105-70-98(90-38-54-119(55-39-90)127(14,15)16)64-99(71-105)91-40-56-120(57-41-91)128(17,18)19)78-112(82-114)106-72-100(92-42-58-121(59-43-92)129(20,21)22)65-101(73-106)93-44-60-122(61-45-93)130(23,24)25/h26-82H,1-25H3. The van der Waals surface area contributed by atoms with Crippen molar-refractivity contribution in [3.8, 4) is 167 Å². The molecule has 658 valence electrons. The average molecular weight is 1710 g/mol. The highest BCUT2D eigenvalue weighted by molar-refractivity contribution is 5.97. The smallest absolute Gasteiger partial charge is 0.159 e. The van der Waals surface area contributed by atoms with Crippen LogP contribution in [0.3, 0.4) is 0 Å². The van der Waals surface area contributed by atoms with Gasteiger partial charge >= 0.3 is 0 Å². The normalized spacial score (nSPS) is 12.5. The SMILES string of the molecule is CC(=O)c1ccc(-c2cc(-c3cc(-c4cc(-c5ccc(C(C)(C)C)cc5)cc(-c5ccc(C(C)(C)C)cc5)c4)cc(-c4cc(-c5ccc(C(C)(C)C)cc5)cc(-c5ccc(C(C)(C)C)cc5)c4)c3)cc(-c3cc(-c4cc(-c5ccc(C(C)(C)C)cc5)cc(-c5ccc(C(C)(C)C)cc5)c4)cc(-c4cc(-c5ccc(C(C)(C)C)cc5)cc(-c5ccc(C(C)(C)C)cc5)c4)c3)c2)cc1. The van der Waals surface area contributed by atoms with E-state index in [9.17, 15) is 4.79 Å². The van der Waals surface area contributed by atoms with Crippen LogP contribution in [0.5, 0.6) is 0 Å². The molecule has 0 unspecified atom stereocenters. The summed E-state index contributed by atoms with van der Waals surface area (Å²) in [6.07, 6.45) is 0. The number of Topliss-reactive ketones (excluding diaryl/α,β-unsaturated/α-hetero) is 1. The quantitative estimate of drug-likeness (QED) is 0.0881. The highest BCUT2D eigenvalue weighted by Gasteiger charge is 2.26. The van der Waals surface area contributed by atoms with E-state index in [2.05, 4.69) is 500 Å². The molecule has 16 rings (SSSR count). The fourth-order valence-corrected chi connectivity index (χ4v) is 18.1. The molecule has 1 heteroatoms. The molecule has 16 aromatic rings. The lowest BCUT2D eigenvalue weighted by Gasteiger charge is -2.21. The summed E-state index contributed by atoms with van der Waals surface area (Å²) in [4.78, 5) is 13.4. The van der Waals surface area contributed by atoms with Gasteiger partial charge in [0, 0.05) is 5.56 Å². The molecule has 0 atom stereocenters. The summed E-state index contributed by atoms with van der Waals surface area (Å²) in [5.41, 5.74) is 44.3. The van der Waals surface area contributed by atoms with Gasteiger partial charge in [-0.25, -0.2) is 0 Å². The van der Waals surface area contributed by atoms with Crippen molar-refractivity contribution in [2.45, 2.75) is 216 Å². The Morgan fingerprint density at radius 3 is 0.275 bits per heavy atom. The maximum atomic E-state index is 13.4. The predicted octanol–water partition coefficient (Wildman–Crippen LogP) is 37.3. The van der Waals surface area contributed by atoms with Crippen molar-refractivity contribution >= 4 is 5.78 Å². The van der Waals surface area contributed by atoms with Crippen molar-refractivity contribution in [2.24, 2.45) is 0 Å². The first-order valence-electron chi connectivity index (χ1n) is 47.2. The van der Waals surface area contributed by atoms with Crippen LogP contribution in [0.25, 0.3) is 167 Å². The van der Waals surface area contributed by atoms with E-state index in [1.165, 1.54) is 44.5 Å². The van der Waals surface area contributed by atoms with Gasteiger partial charge in [-0.15, -0.1) is 0 Å². The maximum Gasteiger partial charge on any atom is 0.159 e. The summed E-state index contributed by atoms with van der Waals surface area (Å²) in [5, 5.41) is 0. The number of carbonyl (C=O) groups excluding carboxylic acids is 1. The maximum absolute atomic E-state index is 13.4. The molecule has 0 spiro atoms. The number of rotatable bonds is 16. The second kappa shape index (κ2) is 35.1. The molecule has 131 heavy (non-hydrogen) atoms. The van der Waals surface area contributed by atoms with Crippen molar-refractivity contribution in [1.82, 2.24) is 0 Å². The molecule has 0 aliphatic heterocycles. The summed E-state index contributed by atoms with van der Waals surface area (Å²) in [6, 6.07) is 133. The number of hydrogen-bond donors (Lipinski definition) is 0. The number of hydrogen-bond acceptors (Lipinski definition) is 1. The zero-order valence-corrected chi connectivity index (χ0v) is 82.3. The molecule has 0 radical (unpaired) electrons. The van der Waals surface area contributed by atoms with E-state index < -0.39 is 0 Å². The van der Waals surface area contributed by atoms with E-state index in [1.807, 2.05) is 12.1 Å². The summed E-state index contributed by atoms with van der Waals surface area (Å²) in [6.45, 7) is 56.7. The van der Waals surface area contributed by atoms with Crippen LogP contribution in [0.15, 0.2) is 346 Å². The monoisotopic (exact) mass is 1710 g/mol. The van der Waals surface area contributed by atoms with Crippen molar-refractivity contribution in [3.63, 3.8) is 0 Å². The lowest BCUT2D eigenvalue weighted by Crippen LogP contribution is -2.10. The molecule has 0 saturated carbocycles. The first kappa shape index (κ1) is 91.5. The van der Waals surface area contributed by atoms with Crippen molar-refractivity contribution in [2.75, 3.05) is 0 Å². The minimum Gasteiger partial charge on any atom is -0.295 e. The zero-order chi connectivity index (χ0) is 93.4. The minimum atomic E-state index is -0.0224. The Labute approximate surface area is 784 Å². The van der Waals surface area contributed by atoms with Crippen LogP contribution in [0.2, 0.25) is 0 Å². The fourth-order valence-electron chi connectivity index (χ4n) is 18.1. The third kappa shape index (κ3) is 20.8. The van der Waals surface area contributed by atoms with Gasteiger partial charge in [0.1, 0.15) is 0 Å². The Balaban J connectivity index is 0.998. The number of carbonyl (C=O) groups is 1. The summed E-state index contributed by atoms with van der Waals surface area (Å²) in [7, 11) is 0. The molecular formula is C130H132O. The molecule has 0 fully saturated rings. The molecule has 0 aromatic heterocycles. The molecule has 1 nitrogen and oxygen atoms in total. The van der Waals surface area contributed by atoms with Gasteiger partial charge in [-0.3, -0.25) is 4.79 Å². The molecule has 0 saturated heterocycles. The van der Waals surface area contributed by atoms with Crippen LogP contribution >= 0.6 is 0 Å². The van der Waals surface area contributed by atoms with Gasteiger partial charge in [0.25, 0.3) is 0 Å². The molecular weight excluding hydrogens is 1580 g/mol. The third-order valence-electron chi connectivity index (χ3n) is 26.8. The summed E-state index contributed by atoms with van der Waals surface area (Å²) >= 11 is 0. The third-order valence-corrected chi connectivity index (χ3v) is 26.8. The molecule has 0 N–H and O–H groups in total. The average Bonchev–Trinajstić information content (AvgIpc) is 0.760. The topological polar surface area (TPSA) is 17.1 Å². The minimum absolute atomic E-state index is 0.0224. The Hall–Kier alpha value is -12.8. The van der Waals surface area contributed by atoms with Crippen molar-refractivity contribution in [1.29, 1.82) is 0 Å². The Morgan fingerprint density at radius 2 is 0.198 bits per heavy atom. The van der Waals surface area contributed by atoms with Gasteiger partial charge in [0.05, 0.1) is 0 Å². The van der Waals surface area contributed by atoms with Gasteiger partial charge in [-0.2, -0.15) is 0 Å². The lowest BCUT2D eigenvalue weighted by atomic mass is 9.84.